The third kappa shape index (κ3) is 4.67. The normalized spacial score (nSPS) is 11.7. The molecular formula is C16H25NO2. The Bertz CT molecular complexity index is 445. The van der Waals surface area contributed by atoms with E-state index in [-0.39, 0.29) is 11.3 Å². The molecule has 1 rings (SSSR count). The number of ketones is 1. The quantitative estimate of drug-likeness (QED) is 0.799. The molecule has 0 saturated carbocycles. The topological polar surface area (TPSA) is 52.3 Å². The van der Waals surface area contributed by atoms with E-state index in [1.807, 2.05) is 32.0 Å². The lowest BCUT2D eigenvalue weighted by Gasteiger charge is -2.18. The predicted octanol–water partition coefficient (Wildman–Crippen LogP) is 3.52. The first kappa shape index (κ1) is 15.7. The Morgan fingerprint density at radius 3 is 2.47 bits per heavy atom. The smallest absolute Gasteiger partial charge is 0.166 e. The Morgan fingerprint density at radius 2 is 2.00 bits per heavy atom. The Morgan fingerprint density at radius 1 is 1.37 bits per heavy atom. The molecule has 1 aromatic rings. The SMILES string of the molecule is COc1cc(C(C)C)ccc1C(=O)CCC(C)(C)N. The summed E-state index contributed by atoms with van der Waals surface area (Å²) < 4.78 is 5.34. The van der Waals surface area contributed by atoms with E-state index in [1.54, 1.807) is 7.11 Å². The van der Waals surface area contributed by atoms with Crippen molar-refractivity contribution in [2.45, 2.75) is 52.0 Å². The number of methoxy groups -OCH3 is 1. The maximum atomic E-state index is 12.2. The summed E-state index contributed by atoms with van der Waals surface area (Å²) in [5.41, 5.74) is 7.42. The molecule has 0 amide bonds. The molecule has 3 heteroatoms. The molecule has 0 aliphatic heterocycles. The number of carbonyl (C=O) groups excluding carboxylic acids is 1. The molecule has 0 aromatic heterocycles. The highest BCUT2D eigenvalue weighted by atomic mass is 16.5. The van der Waals surface area contributed by atoms with Gasteiger partial charge >= 0.3 is 0 Å². The molecule has 3 nitrogen and oxygen atoms in total. The van der Waals surface area contributed by atoms with Gasteiger partial charge in [-0.15, -0.1) is 0 Å². The maximum absolute atomic E-state index is 12.2. The van der Waals surface area contributed by atoms with Crippen molar-refractivity contribution in [1.29, 1.82) is 0 Å². The summed E-state index contributed by atoms with van der Waals surface area (Å²) in [7, 11) is 1.60. The molecule has 0 aliphatic carbocycles. The van der Waals surface area contributed by atoms with E-state index >= 15 is 0 Å². The number of rotatable bonds is 6. The Balaban J connectivity index is 2.91. The van der Waals surface area contributed by atoms with Gasteiger partial charge in [0.1, 0.15) is 5.75 Å². The highest BCUT2D eigenvalue weighted by Crippen LogP contribution is 2.26. The van der Waals surface area contributed by atoms with Crippen LogP contribution >= 0.6 is 0 Å². The van der Waals surface area contributed by atoms with Crippen molar-refractivity contribution in [3.8, 4) is 5.75 Å². The molecule has 0 radical (unpaired) electrons. The molecule has 0 fully saturated rings. The number of hydrogen-bond acceptors (Lipinski definition) is 3. The minimum atomic E-state index is -0.319. The van der Waals surface area contributed by atoms with Gasteiger partial charge < -0.3 is 10.5 Å². The summed E-state index contributed by atoms with van der Waals surface area (Å²) >= 11 is 0. The van der Waals surface area contributed by atoms with E-state index in [2.05, 4.69) is 13.8 Å². The summed E-state index contributed by atoms with van der Waals surface area (Å²) in [6.07, 6.45) is 1.11. The second-order valence-corrected chi connectivity index (χ2v) is 6.03. The Hall–Kier alpha value is -1.35. The Kier molecular flexibility index (Phi) is 5.12. The zero-order valence-electron chi connectivity index (χ0n) is 12.6. The van der Waals surface area contributed by atoms with Crippen LogP contribution in [0, 0.1) is 0 Å². The van der Waals surface area contributed by atoms with E-state index in [9.17, 15) is 4.79 Å². The van der Waals surface area contributed by atoms with Gasteiger partial charge in [0.2, 0.25) is 0 Å². The maximum Gasteiger partial charge on any atom is 0.166 e. The van der Waals surface area contributed by atoms with Crippen LogP contribution < -0.4 is 10.5 Å². The average molecular weight is 263 g/mol. The average Bonchev–Trinajstić information content (AvgIpc) is 2.34. The van der Waals surface area contributed by atoms with Crippen LogP contribution in [0.5, 0.6) is 5.75 Å². The van der Waals surface area contributed by atoms with Crippen LogP contribution in [-0.4, -0.2) is 18.4 Å². The zero-order chi connectivity index (χ0) is 14.6. The summed E-state index contributed by atoms with van der Waals surface area (Å²) in [6.45, 7) is 8.10. The second kappa shape index (κ2) is 6.20. The largest absolute Gasteiger partial charge is 0.496 e. The van der Waals surface area contributed by atoms with Crippen molar-refractivity contribution in [2.24, 2.45) is 5.73 Å². The summed E-state index contributed by atoms with van der Waals surface area (Å²) in [5.74, 6) is 1.16. The first-order valence-electron chi connectivity index (χ1n) is 6.74. The third-order valence-electron chi connectivity index (χ3n) is 3.19. The number of ether oxygens (including phenoxy) is 1. The molecule has 2 N–H and O–H groups in total. The molecular weight excluding hydrogens is 238 g/mol. The molecule has 0 spiro atoms. The van der Waals surface area contributed by atoms with E-state index < -0.39 is 0 Å². The molecule has 19 heavy (non-hydrogen) atoms. The zero-order valence-corrected chi connectivity index (χ0v) is 12.6. The van der Waals surface area contributed by atoms with Crippen molar-refractivity contribution in [3.63, 3.8) is 0 Å². The number of hydrogen-bond donors (Lipinski definition) is 1. The van der Waals surface area contributed by atoms with Gasteiger partial charge in [-0.1, -0.05) is 19.9 Å². The van der Waals surface area contributed by atoms with Crippen LogP contribution in [-0.2, 0) is 0 Å². The lowest BCUT2D eigenvalue weighted by molar-refractivity contribution is 0.0969. The molecule has 1 aromatic carbocycles. The van der Waals surface area contributed by atoms with Gasteiger partial charge in [-0.3, -0.25) is 4.79 Å². The monoisotopic (exact) mass is 263 g/mol. The summed E-state index contributed by atoms with van der Waals surface area (Å²) in [6, 6.07) is 5.81. The molecule has 0 atom stereocenters. The molecule has 0 heterocycles. The van der Waals surface area contributed by atoms with Crippen molar-refractivity contribution in [2.75, 3.05) is 7.11 Å². The van der Waals surface area contributed by atoms with Crippen molar-refractivity contribution in [1.82, 2.24) is 0 Å². The van der Waals surface area contributed by atoms with Gasteiger partial charge in [0.05, 0.1) is 12.7 Å². The van der Waals surface area contributed by atoms with E-state index in [0.717, 1.165) is 0 Å². The van der Waals surface area contributed by atoms with Crippen molar-refractivity contribution >= 4 is 5.78 Å². The number of benzene rings is 1. The van der Waals surface area contributed by atoms with Gasteiger partial charge in [-0.05, 0) is 43.9 Å². The van der Waals surface area contributed by atoms with Crippen LogP contribution in [0.15, 0.2) is 18.2 Å². The summed E-state index contributed by atoms with van der Waals surface area (Å²) in [4.78, 5) is 12.2. The third-order valence-corrected chi connectivity index (χ3v) is 3.19. The van der Waals surface area contributed by atoms with Crippen LogP contribution in [0.2, 0.25) is 0 Å². The summed E-state index contributed by atoms with van der Waals surface area (Å²) in [5, 5.41) is 0. The second-order valence-electron chi connectivity index (χ2n) is 6.03. The number of Topliss-reactive ketones (excluding diaryl/α,β-unsaturated/α-hetero) is 1. The Labute approximate surface area is 116 Å². The van der Waals surface area contributed by atoms with E-state index in [4.69, 9.17) is 10.5 Å². The van der Waals surface area contributed by atoms with Gasteiger partial charge in [0.15, 0.2) is 5.78 Å². The van der Waals surface area contributed by atoms with Crippen molar-refractivity contribution in [3.05, 3.63) is 29.3 Å². The highest BCUT2D eigenvalue weighted by molar-refractivity contribution is 5.98. The van der Waals surface area contributed by atoms with Crippen molar-refractivity contribution < 1.29 is 9.53 Å². The van der Waals surface area contributed by atoms with Crippen LogP contribution in [0.3, 0.4) is 0 Å². The molecule has 0 bridgehead atoms. The van der Waals surface area contributed by atoms with E-state index in [1.165, 1.54) is 5.56 Å². The molecule has 0 unspecified atom stereocenters. The number of carbonyl (C=O) groups is 1. The van der Waals surface area contributed by atoms with Crippen LogP contribution in [0.4, 0.5) is 0 Å². The van der Waals surface area contributed by atoms with Gasteiger partial charge in [0.25, 0.3) is 0 Å². The minimum Gasteiger partial charge on any atom is -0.496 e. The lowest BCUT2D eigenvalue weighted by atomic mass is 9.94. The number of nitrogens with two attached hydrogens (primary N) is 1. The van der Waals surface area contributed by atoms with Gasteiger partial charge in [-0.2, -0.15) is 0 Å². The first-order valence-corrected chi connectivity index (χ1v) is 6.74. The molecule has 0 aliphatic rings. The van der Waals surface area contributed by atoms with Gasteiger partial charge in [-0.25, -0.2) is 0 Å². The lowest BCUT2D eigenvalue weighted by Crippen LogP contribution is -2.32. The first-order chi connectivity index (χ1) is 8.74. The molecule has 106 valence electrons. The fourth-order valence-electron chi connectivity index (χ4n) is 1.87. The van der Waals surface area contributed by atoms with E-state index in [0.29, 0.717) is 30.1 Å². The fourth-order valence-corrected chi connectivity index (χ4v) is 1.87. The van der Waals surface area contributed by atoms with Crippen LogP contribution in [0.1, 0.15) is 62.4 Å². The molecule has 0 saturated heterocycles. The minimum absolute atomic E-state index is 0.0886. The standard InChI is InChI=1S/C16H25NO2/c1-11(2)12-6-7-13(15(10-12)19-5)14(18)8-9-16(3,4)17/h6-7,10-11H,8-9,17H2,1-5H3. The van der Waals surface area contributed by atoms with Gasteiger partial charge in [0, 0.05) is 12.0 Å². The highest BCUT2D eigenvalue weighted by Gasteiger charge is 2.17. The van der Waals surface area contributed by atoms with Crippen LogP contribution in [0.25, 0.3) is 0 Å². The predicted molar refractivity (Wildman–Crippen MR) is 78.9 cm³/mol. The fraction of sp³-hybridized carbons (Fsp3) is 0.562.